The zero-order chi connectivity index (χ0) is 21.1. The maximum atomic E-state index is 5.94. The molecule has 2 aromatic heterocycles. The molecule has 7 heteroatoms. The predicted molar refractivity (Wildman–Crippen MR) is 118 cm³/mol. The van der Waals surface area contributed by atoms with E-state index in [0.29, 0.717) is 17.7 Å². The summed E-state index contributed by atoms with van der Waals surface area (Å²) < 4.78 is 13.3. The SMILES string of the molecule is COc1ccc(-c2nnc(C(C)Sc3nccn3-c3ccccc3C(C)C)o2)cc1. The molecule has 2 heterocycles. The molecule has 6 nitrogen and oxygen atoms in total. The molecule has 4 aromatic rings. The first-order valence-corrected chi connectivity index (χ1v) is 10.7. The second-order valence-corrected chi connectivity index (χ2v) is 8.54. The minimum atomic E-state index is -0.0446. The summed E-state index contributed by atoms with van der Waals surface area (Å²) in [4.78, 5) is 4.56. The molecular formula is C23H24N4O2S. The lowest BCUT2D eigenvalue weighted by molar-refractivity contribution is 0.415. The third-order valence-corrected chi connectivity index (χ3v) is 5.90. The van der Waals surface area contributed by atoms with Gasteiger partial charge in [0.15, 0.2) is 5.16 Å². The number of methoxy groups -OCH3 is 1. The Hall–Kier alpha value is -3.06. The van der Waals surface area contributed by atoms with Crippen molar-refractivity contribution in [2.24, 2.45) is 0 Å². The fraction of sp³-hybridized carbons (Fsp3) is 0.261. The van der Waals surface area contributed by atoms with Crippen LogP contribution in [0.3, 0.4) is 0 Å². The van der Waals surface area contributed by atoms with Crippen LogP contribution in [0.25, 0.3) is 17.1 Å². The molecule has 0 radical (unpaired) electrons. The van der Waals surface area contributed by atoms with E-state index in [1.54, 1.807) is 18.9 Å². The van der Waals surface area contributed by atoms with E-state index in [-0.39, 0.29) is 5.25 Å². The first-order chi connectivity index (χ1) is 14.6. The molecule has 0 aliphatic heterocycles. The van der Waals surface area contributed by atoms with Crippen LogP contribution in [0, 0.1) is 0 Å². The quantitative estimate of drug-likeness (QED) is 0.346. The van der Waals surface area contributed by atoms with Crippen LogP contribution in [-0.2, 0) is 0 Å². The Balaban J connectivity index is 1.55. The Morgan fingerprint density at radius 1 is 1.00 bits per heavy atom. The Labute approximate surface area is 180 Å². The molecule has 0 aliphatic carbocycles. The molecule has 0 spiro atoms. The Morgan fingerprint density at radius 2 is 1.77 bits per heavy atom. The van der Waals surface area contributed by atoms with Gasteiger partial charge in [0.25, 0.3) is 0 Å². The van der Waals surface area contributed by atoms with E-state index in [4.69, 9.17) is 9.15 Å². The van der Waals surface area contributed by atoms with Gasteiger partial charge in [-0.2, -0.15) is 0 Å². The topological polar surface area (TPSA) is 66.0 Å². The molecule has 0 amide bonds. The minimum absolute atomic E-state index is 0.0446. The minimum Gasteiger partial charge on any atom is -0.497 e. The Bertz CT molecular complexity index is 1120. The van der Waals surface area contributed by atoms with Gasteiger partial charge in [-0.3, -0.25) is 4.57 Å². The van der Waals surface area contributed by atoms with Crippen molar-refractivity contribution in [2.75, 3.05) is 7.11 Å². The summed E-state index contributed by atoms with van der Waals surface area (Å²) in [6.07, 6.45) is 3.82. The van der Waals surface area contributed by atoms with Crippen molar-refractivity contribution in [1.29, 1.82) is 0 Å². The molecule has 0 saturated carbocycles. The maximum absolute atomic E-state index is 5.94. The summed E-state index contributed by atoms with van der Waals surface area (Å²) in [7, 11) is 1.64. The first-order valence-electron chi connectivity index (χ1n) is 9.84. The molecule has 154 valence electrons. The molecule has 1 atom stereocenters. The van der Waals surface area contributed by atoms with E-state index >= 15 is 0 Å². The molecule has 0 N–H and O–H groups in total. The zero-order valence-electron chi connectivity index (χ0n) is 17.4. The van der Waals surface area contributed by atoms with Crippen LogP contribution in [-0.4, -0.2) is 26.9 Å². The van der Waals surface area contributed by atoms with Crippen LogP contribution in [0.15, 0.2) is 70.5 Å². The number of ether oxygens (including phenoxy) is 1. The molecule has 0 aliphatic rings. The highest BCUT2D eigenvalue weighted by atomic mass is 32.2. The van der Waals surface area contributed by atoms with Gasteiger partial charge in [-0.1, -0.05) is 43.8 Å². The highest BCUT2D eigenvalue weighted by Crippen LogP contribution is 2.36. The number of hydrogen-bond acceptors (Lipinski definition) is 6. The van der Waals surface area contributed by atoms with E-state index in [0.717, 1.165) is 22.2 Å². The smallest absolute Gasteiger partial charge is 0.247 e. The molecule has 2 aromatic carbocycles. The average molecular weight is 421 g/mol. The van der Waals surface area contributed by atoms with Gasteiger partial charge >= 0.3 is 0 Å². The predicted octanol–water partition coefficient (Wildman–Crippen LogP) is 5.91. The van der Waals surface area contributed by atoms with Crippen LogP contribution >= 0.6 is 11.8 Å². The summed E-state index contributed by atoms with van der Waals surface area (Å²) in [6.45, 7) is 6.44. The lowest BCUT2D eigenvalue weighted by Crippen LogP contribution is -2.02. The average Bonchev–Trinajstić information content (AvgIpc) is 3.43. The number of rotatable bonds is 7. The van der Waals surface area contributed by atoms with Crippen molar-refractivity contribution in [2.45, 2.75) is 37.1 Å². The van der Waals surface area contributed by atoms with Crippen LogP contribution in [0.1, 0.15) is 43.4 Å². The van der Waals surface area contributed by atoms with Gasteiger partial charge in [0.2, 0.25) is 11.8 Å². The molecular weight excluding hydrogens is 396 g/mol. The number of benzene rings is 2. The third-order valence-electron chi connectivity index (χ3n) is 4.83. The third kappa shape index (κ3) is 4.11. The van der Waals surface area contributed by atoms with E-state index in [1.165, 1.54) is 5.56 Å². The summed E-state index contributed by atoms with van der Waals surface area (Å²) >= 11 is 1.60. The fourth-order valence-electron chi connectivity index (χ4n) is 3.21. The van der Waals surface area contributed by atoms with Gasteiger partial charge < -0.3 is 9.15 Å². The van der Waals surface area contributed by atoms with Gasteiger partial charge in [0.05, 0.1) is 18.0 Å². The lowest BCUT2D eigenvalue weighted by Gasteiger charge is -2.16. The van der Waals surface area contributed by atoms with Crippen molar-refractivity contribution < 1.29 is 9.15 Å². The lowest BCUT2D eigenvalue weighted by atomic mass is 10.0. The number of nitrogens with zero attached hydrogens (tertiary/aromatic N) is 4. The molecule has 0 bridgehead atoms. The highest BCUT2D eigenvalue weighted by Gasteiger charge is 2.20. The first kappa shape index (κ1) is 20.2. The van der Waals surface area contributed by atoms with E-state index in [9.17, 15) is 0 Å². The van der Waals surface area contributed by atoms with Gasteiger partial charge in [0.1, 0.15) is 5.75 Å². The molecule has 30 heavy (non-hydrogen) atoms. The van der Waals surface area contributed by atoms with Crippen LogP contribution in [0.5, 0.6) is 5.75 Å². The van der Waals surface area contributed by atoms with Crippen molar-refractivity contribution in [1.82, 2.24) is 19.7 Å². The molecule has 0 saturated heterocycles. The number of imidazole rings is 1. The largest absolute Gasteiger partial charge is 0.497 e. The highest BCUT2D eigenvalue weighted by molar-refractivity contribution is 7.99. The number of aromatic nitrogens is 4. The summed E-state index contributed by atoms with van der Waals surface area (Å²) in [5.41, 5.74) is 3.29. The van der Waals surface area contributed by atoms with E-state index < -0.39 is 0 Å². The van der Waals surface area contributed by atoms with Gasteiger partial charge in [-0.25, -0.2) is 4.98 Å². The van der Waals surface area contributed by atoms with E-state index in [2.05, 4.69) is 57.9 Å². The van der Waals surface area contributed by atoms with Crippen LogP contribution < -0.4 is 4.74 Å². The van der Waals surface area contributed by atoms with Gasteiger partial charge in [0, 0.05) is 18.0 Å². The second-order valence-electron chi connectivity index (χ2n) is 7.23. The van der Waals surface area contributed by atoms with Crippen molar-refractivity contribution in [3.8, 4) is 22.9 Å². The fourth-order valence-corrected chi connectivity index (χ4v) is 4.12. The van der Waals surface area contributed by atoms with Crippen LogP contribution in [0.2, 0.25) is 0 Å². The summed E-state index contributed by atoms with van der Waals surface area (Å²) in [5, 5.41) is 9.31. The molecule has 1 unspecified atom stereocenters. The molecule has 4 rings (SSSR count). The number of hydrogen-bond donors (Lipinski definition) is 0. The van der Waals surface area contributed by atoms with Gasteiger partial charge in [-0.05, 0) is 48.7 Å². The van der Waals surface area contributed by atoms with Crippen molar-refractivity contribution in [3.63, 3.8) is 0 Å². The Morgan fingerprint density at radius 3 is 2.50 bits per heavy atom. The standard InChI is InChI=1S/C23H24N4O2S/c1-15(2)19-7-5-6-8-20(19)27-14-13-24-23(27)30-16(3)21-25-26-22(29-21)17-9-11-18(28-4)12-10-17/h5-16H,1-4H3. The summed E-state index contributed by atoms with van der Waals surface area (Å²) in [6, 6.07) is 16.0. The second kappa shape index (κ2) is 8.75. The van der Waals surface area contributed by atoms with E-state index in [1.807, 2.05) is 43.6 Å². The number of para-hydroxylation sites is 1. The normalized spacial score (nSPS) is 12.3. The van der Waals surface area contributed by atoms with Gasteiger partial charge in [-0.15, -0.1) is 10.2 Å². The van der Waals surface area contributed by atoms with Crippen molar-refractivity contribution >= 4 is 11.8 Å². The Kier molecular flexibility index (Phi) is 5.90. The summed E-state index contributed by atoms with van der Waals surface area (Å²) in [5.74, 6) is 2.27. The monoisotopic (exact) mass is 420 g/mol. The van der Waals surface area contributed by atoms with Crippen molar-refractivity contribution in [3.05, 3.63) is 72.4 Å². The number of thioether (sulfide) groups is 1. The van der Waals surface area contributed by atoms with Crippen LogP contribution in [0.4, 0.5) is 0 Å². The maximum Gasteiger partial charge on any atom is 0.247 e. The zero-order valence-corrected chi connectivity index (χ0v) is 18.3. The molecule has 0 fully saturated rings.